The molecular weight excluding hydrogens is 691 g/mol. The maximum Gasteiger partial charge on any atom is 0.335 e. The molecule has 5 rings (SSSR count). The minimum absolute atomic E-state index is 0.0531. The van der Waals surface area contributed by atoms with Crippen LogP contribution in [0, 0.1) is 5.82 Å². The number of amides is 1. The molecular formula is C39H43FN2O11. The van der Waals surface area contributed by atoms with Crippen LogP contribution in [0.5, 0.6) is 0 Å². The Morgan fingerprint density at radius 3 is 2.08 bits per heavy atom. The van der Waals surface area contributed by atoms with E-state index in [1.165, 1.54) is 12.1 Å². The molecule has 4 aromatic rings. The van der Waals surface area contributed by atoms with E-state index >= 15 is 0 Å². The first-order chi connectivity index (χ1) is 25.3. The highest BCUT2D eigenvalue weighted by Gasteiger charge is 2.48. The van der Waals surface area contributed by atoms with Crippen LogP contribution in [0.15, 0.2) is 84.9 Å². The van der Waals surface area contributed by atoms with Gasteiger partial charge in [-0.15, -0.1) is 0 Å². The number of ether oxygens (including phenoxy) is 2. The number of carbonyl (C=O) groups is 3. The van der Waals surface area contributed by atoms with Crippen LogP contribution in [-0.4, -0.2) is 96.0 Å². The van der Waals surface area contributed by atoms with Crippen LogP contribution >= 0.6 is 0 Å². The summed E-state index contributed by atoms with van der Waals surface area (Å²) in [5.74, 6) is -3.78. The first-order valence-corrected chi connectivity index (χ1v) is 17.2. The van der Waals surface area contributed by atoms with Gasteiger partial charge in [0, 0.05) is 23.5 Å². The summed E-state index contributed by atoms with van der Waals surface area (Å²) in [7, 11) is 0. The number of carboxylic acids is 1. The predicted molar refractivity (Wildman–Crippen MR) is 190 cm³/mol. The number of nitrogens with zero attached hydrogens (tertiary/aromatic N) is 1. The molecule has 0 radical (unpaired) electrons. The van der Waals surface area contributed by atoms with Crippen LogP contribution in [0.1, 0.15) is 55.1 Å². The number of aromatic nitrogens is 1. The molecule has 7 atom stereocenters. The van der Waals surface area contributed by atoms with Gasteiger partial charge < -0.3 is 50.0 Å². The smallest absolute Gasteiger partial charge is 0.335 e. The zero-order valence-corrected chi connectivity index (χ0v) is 29.1. The van der Waals surface area contributed by atoms with E-state index in [4.69, 9.17) is 9.47 Å². The molecule has 1 saturated heterocycles. The molecule has 1 aliphatic heterocycles. The molecule has 2 heterocycles. The number of carbonyl (C=O) groups excluding carboxylic acids is 2. The highest BCUT2D eigenvalue weighted by atomic mass is 19.1. The van der Waals surface area contributed by atoms with E-state index in [0.717, 1.165) is 5.56 Å². The first kappa shape index (κ1) is 39.3. The minimum Gasteiger partial charge on any atom is -0.479 e. The van der Waals surface area contributed by atoms with E-state index < -0.39 is 67.1 Å². The normalized spacial score (nSPS) is 21.2. The number of aliphatic carboxylic acids is 1. The van der Waals surface area contributed by atoms with E-state index in [2.05, 4.69) is 5.32 Å². The molecule has 0 saturated carbocycles. The van der Waals surface area contributed by atoms with Crippen molar-refractivity contribution in [1.29, 1.82) is 0 Å². The zero-order chi connectivity index (χ0) is 38.4. The number of rotatable bonds is 14. The molecule has 282 valence electrons. The summed E-state index contributed by atoms with van der Waals surface area (Å²) in [6.07, 6.45) is -13.4. The van der Waals surface area contributed by atoms with Gasteiger partial charge in [0.2, 0.25) is 6.29 Å². The van der Waals surface area contributed by atoms with Gasteiger partial charge in [0.05, 0.1) is 29.9 Å². The number of carboxylic acid groups (broad SMARTS) is 1. The van der Waals surface area contributed by atoms with Crippen molar-refractivity contribution in [2.45, 2.75) is 88.5 Å². The summed E-state index contributed by atoms with van der Waals surface area (Å²) < 4.78 is 26.0. The van der Waals surface area contributed by atoms with Crippen molar-refractivity contribution in [3.05, 3.63) is 102 Å². The fourth-order valence-corrected chi connectivity index (χ4v) is 6.52. The fourth-order valence-electron chi connectivity index (χ4n) is 6.52. The Hall–Kier alpha value is -4.96. The average Bonchev–Trinajstić information content (AvgIpc) is 3.47. The van der Waals surface area contributed by atoms with Crippen LogP contribution < -0.4 is 5.32 Å². The molecule has 3 aromatic carbocycles. The first-order valence-electron chi connectivity index (χ1n) is 17.2. The van der Waals surface area contributed by atoms with Gasteiger partial charge in [-0.3, -0.25) is 9.59 Å². The van der Waals surface area contributed by atoms with Gasteiger partial charge in [-0.2, -0.15) is 0 Å². The molecule has 1 aliphatic rings. The average molecular weight is 735 g/mol. The highest BCUT2D eigenvalue weighted by Crippen LogP contribution is 2.42. The van der Waals surface area contributed by atoms with Crippen molar-refractivity contribution in [2.75, 3.05) is 5.32 Å². The Kier molecular flexibility index (Phi) is 12.8. The van der Waals surface area contributed by atoms with Crippen LogP contribution in [-0.2, 0) is 25.6 Å². The maximum absolute atomic E-state index is 14.2. The molecule has 0 unspecified atom stereocenters. The summed E-state index contributed by atoms with van der Waals surface area (Å²) in [4.78, 5) is 38.2. The largest absolute Gasteiger partial charge is 0.479 e. The second-order valence-corrected chi connectivity index (χ2v) is 13.2. The number of anilines is 1. The van der Waals surface area contributed by atoms with Gasteiger partial charge in [0.25, 0.3) is 5.91 Å². The van der Waals surface area contributed by atoms with Crippen molar-refractivity contribution >= 4 is 23.5 Å². The minimum atomic E-state index is -1.98. The molecule has 1 aromatic heterocycles. The topological polar surface area (TPSA) is 208 Å². The van der Waals surface area contributed by atoms with E-state index in [1.54, 1.807) is 36.4 Å². The molecule has 13 nitrogen and oxygen atoms in total. The Balaban J connectivity index is 1.41. The Morgan fingerprint density at radius 1 is 0.849 bits per heavy atom. The van der Waals surface area contributed by atoms with Crippen molar-refractivity contribution in [3.8, 4) is 22.4 Å². The number of benzene rings is 3. The molecule has 0 bridgehead atoms. The quantitative estimate of drug-likeness (QED) is 0.0931. The van der Waals surface area contributed by atoms with Gasteiger partial charge >= 0.3 is 11.9 Å². The lowest BCUT2D eigenvalue weighted by molar-refractivity contribution is -0.286. The third kappa shape index (κ3) is 9.16. The van der Waals surface area contributed by atoms with Gasteiger partial charge in [0.15, 0.2) is 6.10 Å². The molecule has 7 N–H and O–H groups in total. The Bertz CT molecular complexity index is 1870. The second kappa shape index (κ2) is 17.2. The summed E-state index contributed by atoms with van der Waals surface area (Å²) >= 11 is 0. The number of aliphatic hydroxyl groups is 5. The van der Waals surface area contributed by atoms with Crippen LogP contribution in [0.4, 0.5) is 10.1 Å². The van der Waals surface area contributed by atoms with E-state index in [9.17, 15) is 49.4 Å². The highest BCUT2D eigenvalue weighted by molar-refractivity contribution is 6.12. The van der Waals surface area contributed by atoms with E-state index in [0.29, 0.717) is 33.8 Å². The lowest BCUT2D eigenvalue weighted by atomic mass is 9.94. The van der Waals surface area contributed by atoms with Crippen molar-refractivity contribution in [2.24, 2.45) is 0 Å². The van der Waals surface area contributed by atoms with E-state index in [1.807, 2.05) is 54.8 Å². The van der Waals surface area contributed by atoms with Crippen molar-refractivity contribution in [3.63, 3.8) is 0 Å². The SMILES string of the molecule is CC(C)c1c(C(=O)Nc2ccccc2)c(-c2ccccc2)c(-c2ccc(F)cc2)n1CC[C@@H](O)C[C@@H](O)CC(=O)O[C@H]1O[C@H](C(=O)O)[C@H](O)[C@@H](O)[C@@H]1O. The Labute approximate surface area is 304 Å². The summed E-state index contributed by atoms with van der Waals surface area (Å²) in [5, 5.41) is 64.0. The molecule has 1 fully saturated rings. The zero-order valence-electron chi connectivity index (χ0n) is 29.1. The van der Waals surface area contributed by atoms with E-state index in [-0.39, 0.29) is 31.2 Å². The molecule has 0 spiro atoms. The lowest BCUT2D eigenvalue weighted by Gasteiger charge is -2.38. The van der Waals surface area contributed by atoms with Crippen LogP contribution in [0.25, 0.3) is 22.4 Å². The molecule has 0 aliphatic carbocycles. The number of esters is 1. The summed E-state index contributed by atoms with van der Waals surface area (Å²) in [5.41, 5.74) is 4.24. The number of aliphatic hydroxyl groups excluding tert-OH is 5. The molecule has 14 heteroatoms. The Morgan fingerprint density at radius 2 is 1.47 bits per heavy atom. The van der Waals surface area contributed by atoms with Crippen molar-refractivity contribution < 1.29 is 58.9 Å². The summed E-state index contributed by atoms with van der Waals surface area (Å²) in [6, 6.07) is 24.2. The lowest BCUT2D eigenvalue weighted by Crippen LogP contribution is -2.60. The standard InChI is InChI=1S/C39H43FN2O11/c1-21(2)31-30(37(49)41-25-11-7-4-8-12-25)29(22-9-5-3-6-10-22)32(23-13-15-24(40)16-14-23)42(31)18-17-26(43)19-27(44)20-28(45)52-39-35(48)33(46)34(47)36(53-39)38(50)51/h3-16,21,26-27,33-36,39,43-44,46-48H,17-20H2,1-2H3,(H,41,49)(H,50,51)/t26-,27-,33-,34-,35+,36+,39+/m1/s1. The number of nitrogens with one attached hydrogen (secondary N) is 1. The third-order valence-electron chi connectivity index (χ3n) is 8.98. The molecule has 53 heavy (non-hydrogen) atoms. The van der Waals surface area contributed by atoms with Crippen molar-refractivity contribution in [1.82, 2.24) is 4.57 Å². The van der Waals surface area contributed by atoms with Crippen LogP contribution in [0.2, 0.25) is 0 Å². The predicted octanol–water partition coefficient (Wildman–Crippen LogP) is 3.66. The van der Waals surface area contributed by atoms with Crippen LogP contribution in [0.3, 0.4) is 0 Å². The number of hydrogen-bond acceptors (Lipinski definition) is 10. The number of para-hydroxylation sites is 1. The monoisotopic (exact) mass is 734 g/mol. The van der Waals surface area contributed by atoms with Gasteiger partial charge in [-0.1, -0.05) is 62.4 Å². The second-order valence-electron chi connectivity index (χ2n) is 13.2. The van der Waals surface area contributed by atoms with Gasteiger partial charge in [-0.25, -0.2) is 9.18 Å². The van der Waals surface area contributed by atoms with Gasteiger partial charge in [0.1, 0.15) is 24.1 Å². The number of hydrogen-bond donors (Lipinski definition) is 7. The van der Waals surface area contributed by atoms with Gasteiger partial charge in [-0.05, 0) is 66.3 Å². The summed E-state index contributed by atoms with van der Waals surface area (Å²) in [6.45, 7) is 4.02. The fraction of sp³-hybridized carbons (Fsp3) is 0.359. The molecule has 1 amide bonds. The third-order valence-corrected chi connectivity index (χ3v) is 8.98. The number of halogens is 1. The maximum atomic E-state index is 14.2.